The van der Waals surface area contributed by atoms with Gasteiger partial charge in [0, 0.05) is 16.5 Å². The molecule has 0 fully saturated rings. The van der Waals surface area contributed by atoms with Crippen molar-refractivity contribution in [2.75, 3.05) is 5.32 Å². The molecule has 24 heavy (non-hydrogen) atoms. The topological polar surface area (TPSA) is 24.9 Å². The van der Waals surface area contributed by atoms with Gasteiger partial charge in [-0.2, -0.15) is 0 Å². The van der Waals surface area contributed by atoms with Crippen LogP contribution in [0.25, 0.3) is 21.7 Å². The summed E-state index contributed by atoms with van der Waals surface area (Å²) in [6.45, 7) is 6.42. The Labute approximate surface area is 142 Å². The molecule has 0 aliphatic heterocycles. The predicted molar refractivity (Wildman–Crippen MR) is 103 cm³/mol. The molecule has 1 aromatic heterocycles. The first-order chi connectivity index (χ1) is 11.6. The largest absolute Gasteiger partial charge is 0.339 e. The van der Waals surface area contributed by atoms with Crippen molar-refractivity contribution in [3.05, 3.63) is 77.4 Å². The van der Waals surface area contributed by atoms with Crippen molar-refractivity contribution < 1.29 is 0 Å². The third-order valence-electron chi connectivity index (χ3n) is 4.53. The molecule has 0 amide bonds. The molecule has 4 aromatic rings. The molecule has 2 nitrogen and oxygen atoms in total. The Kier molecular flexibility index (Phi) is 3.46. The summed E-state index contributed by atoms with van der Waals surface area (Å²) >= 11 is 0. The number of rotatable bonds is 2. The number of anilines is 2. The highest BCUT2D eigenvalue weighted by Crippen LogP contribution is 2.32. The van der Waals surface area contributed by atoms with Crippen LogP contribution in [0.5, 0.6) is 0 Å². The summed E-state index contributed by atoms with van der Waals surface area (Å²) in [4.78, 5) is 4.89. The first-order valence-corrected chi connectivity index (χ1v) is 8.26. The summed E-state index contributed by atoms with van der Waals surface area (Å²) < 4.78 is 0. The van der Waals surface area contributed by atoms with Crippen LogP contribution in [0.2, 0.25) is 0 Å². The van der Waals surface area contributed by atoms with E-state index in [1.807, 2.05) is 6.07 Å². The zero-order valence-corrected chi connectivity index (χ0v) is 14.2. The fourth-order valence-electron chi connectivity index (χ4n) is 3.49. The van der Waals surface area contributed by atoms with E-state index in [9.17, 15) is 0 Å². The highest BCUT2D eigenvalue weighted by Gasteiger charge is 2.10. The van der Waals surface area contributed by atoms with E-state index < -0.39 is 0 Å². The van der Waals surface area contributed by atoms with Crippen molar-refractivity contribution >= 4 is 33.2 Å². The molecule has 0 unspecified atom stereocenters. The molecular weight excluding hydrogens is 292 g/mol. The molecule has 0 atom stereocenters. The smallest absolute Gasteiger partial charge is 0.139 e. The van der Waals surface area contributed by atoms with Gasteiger partial charge in [0.2, 0.25) is 0 Å². The number of aryl methyl sites for hydroxylation is 3. The molecular formula is C22H20N2. The Morgan fingerprint density at radius 1 is 0.708 bits per heavy atom. The van der Waals surface area contributed by atoms with Crippen LogP contribution in [0.1, 0.15) is 16.7 Å². The standard InChI is InChI=1S/C22H20N2/c1-14-12-15(2)21(16(3)13-14)24-22-19-10-5-4-8-17(19)18-9-6-7-11-20(18)23-22/h4-13H,1-3H3,(H,23,24). The molecule has 0 aliphatic carbocycles. The van der Waals surface area contributed by atoms with Gasteiger partial charge >= 0.3 is 0 Å². The highest BCUT2D eigenvalue weighted by atomic mass is 15.0. The molecule has 1 N–H and O–H groups in total. The molecule has 2 heteroatoms. The lowest BCUT2D eigenvalue weighted by Gasteiger charge is -2.16. The van der Waals surface area contributed by atoms with Crippen LogP contribution in [-0.4, -0.2) is 4.98 Å². The molecule has 0 saturated heterocycles. The first-order valence-electron chi connectivity index (χ1n) is 8.26. The van der Waals surface area contributed by atoms with Gasteiger partial charge in [-0.05, 0) is 43.4 Å². The van der Waals surface area contributed by atoms with Crippen LogP contribution in [0, 0.1) is 20.8 Å². The van der Waals surface area contributed by atoms with E-state index in [0.717, 1.165) is 22.4 Å². The molecule has 1 heterocycles. The van der Waals surface area contributed by atoms with Crippen molar-refractivity contribution in [2.45, 2.75) is 20.8 Å². The van der Waals surface area contributed by atoms with Crippen molar-refractivity contribution in [3.63, 3.8) is 0 Å². The highest BCUT2D eigenvalue weighted by molar-refractivity contribution is 6.10. The number of nitrogens with zero attached hydrogens (tertiary/aromatic N) is 1. The van der Waals surface area contributed by atoms with Gasteiger partial charge in [-0.3, -0.25) is 0 Å². The van der Waals surface area contributed by atoms with Crippen LogP contribution >= 0.6 is 0 Å². The Morgan fingerprint density at radius 2 is 1.29 bits per heavy atom. The summed E-state index contributed by atoms with van der Waals surface area (Å²) in [6, 6.07) is 21.2. The summed E-state index contributed by atoms with van der Waals surface area (Å²) in [7, 11) is 0. The van der Waals surface area contributed by atoms with Gasteiger partial charge in [0.05, 0.1) is 5.52 Å². The fraction of sp³-hybridized carbons (Fsp3) is 0.136. The van der Waals surface area contributed by atoms with Crippen LogP contribution in [0.4, 0.5) is 11.5 Å². The van der Waals surface area contributed by atoms with E-state index in [1.54, 1.807) is 0 Å². The third kappa shape index (κ3) is 2.41. The maximum Gasteiger partial charge on any atom is 0.139 e. The monoisotopic (exact) mass is 312 g/mol. The van der Waals surface area contributed by atoms with Gasteiger partial charge in [-0.1, -0.05) is 60.2 Å². The van der Waals surface area contributed by atoms with E-state index in [4.69, 9.17) is 4.98 Å². The van der Waals surface area contributed by atoms with Crippen LogP contribution < -0.4 is 5.32 Å². The normalized spacial score (nSPS) is 11.1. The number of para-hydroxylation sites is 1. The third-order valence-corrected chi connectivity index (χ3v) is 4.53. The maximum atomic E-state index is 4.89. The summed E-state index contributed by atoms with van der Waals surface area (Å²) in [5.74, 6) is 0.916. The van der Waals surface area contributed by atoms with E-state index in [0.29, 0.717) is 0 Å². The Morgan fingerprint density at radius 3 is 2.00 bits per heavy atom. The molecule has 118 valence electrons. The second-order valence-electron chi connectivity index (χ2n) is 6.42. The average Bonchev–Trinajstić information content (AvgIpc) is 2.58. The Balaban J connectivity index is 1.96. The van der Waals surface area contributed by atoms with Gasteiger partial charge < -0.3 is 5.32 Å². The molecule has 3 aromatic carbocycles. The zero-order valence-electron chi connectivity index (χ0n) is 14.2. The number of benzene rings is 3. The first kappa shape index (κ1) is 14.7. The number of hydrogen-bond donors (Lipinski definition) is 1. The summed E-state index contributed by atoms with van der Waals surface area (Å²) in [6.07, 6.45) is 0. The van der Waals surface area contributed by atoms with Crippen molar-refractivity contribution in [1.29, 1.82) is 0 Å². The van der Waals surface area contributed by atoms with E-state index >= 15 is 0 Å². The summed E-state index contributed by atoms with van der Waals surface area (Å²) in [5.41, 5.74) is 5.93. The van der Waals surface area contributed by atoms with Crippen LogP contribution in [0.15, 0.2) is 60.7 Å². The molecule has 0 spiro atoms. The van der Waals surface area contributed by atoms with Gasteiger partial charge in [0.1, 0.15) is 5.82 Å². The fourth-order valence-corrected chi connectivity index (χ4v) is 3.49. The molecule has 4 rings (SSSR count). The minimum Gasteiger partial charge on any atom is -0.339 e. The van der Waals surface area contributed by atoms with Gasteiger partial charge in [-0.15, -0.1) is 0 Å². The summed E-state index contributed by atoms with van der Waals surface area (Å²) in [5, 5.41) is 7.16. The molecule has 0 bridgehead atoms. The number of nitrogens with one attached hydrogen (secondary N) is 1. The van der Waals surface area contributed by atoms with Gasteiger partial charge in [0.15, 0.2) is 0 Å². The van der Waals surface area contributed by atoms with E-state index in [2.05, 4.69) is 80.7 Å². The minimum atomic E-state index is 0.916. The average molecular weight is 312 g/mol. The van der Waals surface area contributed by atoms with Crippen molar-refractivity contribution in [2.24, 2.45) is 0 Å². The molecule has 0 radical (unpaired) electrons. The predicted octanol–water partition coefficient (Wildman–Crippen LogP) is 6.06. The van der Waals surface area contributed by atoms with Gasteiger partial charge in [-0.25, -0.2) is 4.98 Å². The van der Waals surface area contributed by atoms with Gasteiger partial charge in [0.25, 0.3) is 0 Å². The number of pyridine rings is 1. The minimum absolute atomic E-state index is 0.916. The van der Waals surface area contributed by atoms with Crippen molar-refractivity contribution in [1.82, 2.24) is 4.98 Å². The number of fused-ring (bicyclic) bond motifs is 3. The second-order valence-corrected chi connectivity index (χ2v) is 6.42. The van der Waals surface area contributed by atoms with Crippen LogP contribution in [0.3, 0.4) is 0 Å². The second kappa shape index (κ2) is 5.64. The number of aromatic nitrogens is 1. The SMILES string of the molecule is Cc1cc(C)c(Nc2nc3ccccc3c3ccccc23)c(C)c1. The lowest BCUT2D eigenvalue weighted by atomic mass is 10.0. The number of hydrogen-bond acceptors (Lipinski definition) is 2. The van der Waals surface area contributed by atoms with E-state index in [1.165, 1.54) is 27.5 Å². The van der Waals surface area contributed by atoms with E-state index in [-0.39, 0.29) is 0 Å². The Bertz CT molecular complexity index is 1040. The zero-order chi connectivity index (χ0) is 16.7. The maximum absolute atomic E-state index is 4.89. The lowest BCUT2D eigenvalue weighted by molar-refractivity contribution is 1.29. The van der Waals surface area contributed by atoms with Crippen molar-refractivity contribution in [3.8, 4) is 0 Å². The quantitative estimate of drug-likeness (QED) is 0.455. The molecule has 0 saturated carbocycles. The van der Waals surface area contributed by atoms with Crippen LogP contribution in [-0.2, 0) is 0 Å². The Hall–Kier alpha value is -2.87. The lowest BCUT2D eigenvalue weighted by Crippen LogP contribution is -2.00. The molecule has 0 aliphatic rings.